The van der Waals surface area contributed by atoms with Crippen molar-refractivity contribution in [3.05, 3.63) is 62.8 Å². The first kappa shape index (κ1) is 15.3. The summed E-state index contributed by atoms with van der Waals surface area (Å²) in [7, 11) is 1.59. The Kier molecular flexibility index (Phi) is 5.02. The SMILES string of the molecule is COc1ccc(CC(O)c2ccc(F)c(Cl)c2)cc1Br. The molecule has 1 atom stereocenters. The highest BCUT2D eigenvalue weighted by molar-refractivity contribution is 9.10. The van der Waals surface area contributed by atoms with Gasteiger partial charge >= 0.3 is 0 Å². The first-order valence-electron chi connectivity index (χ1n) is 5.96. The Hall–Kier alpha value is -1.10. The van der Waals surface area contributed by atoms with Crippen LogP contribution in [0.15, 0.2) is 40.9 Å². The van der Waals surface area contributed by atoms with Crippen molar-refractivity contribution in [1.82, 2.24) is 0 Å². The summed E-state index contributed by atoms with van der Waals surface area (Å²) in [6.45, 7) is 0. The van der Waals surface area contributed by atoms with Crippen molar-refractivity contribution in [2.24, 2.45) is 0 Å². The molecule has 0 radical (unpaired) electrons. The molecule has 0 heterocycles. The van der Waals surface area contributed by atoms with Gasteiger partial charge in [-0.3, -0.25) is 0 Å². The minimum Gasteiger partial charge on any atom is -0.496 e. The van der Waals surface area contributed by atoms with Crippen molar-refractivity contribution in [2.75, 3.05) is 7.11 Å². The van der Waals surface area contributed by atoms with Crippen LogP contribution in [0.1, 0.15) is 17.2 Å². The summed E-state index contributed by atoms with van der Waals surface area (Å²) in [6, 6.07) is 9.81. The number of benzene rings is 2. The molecule has 2 aromatic rings. The molecule has 2 aromatic carbocycles. The van der Waals surface area contributed by atoms with Gasteiger partial charge in [-0.05, 0) is 51.3 Å². The normalized spacial score (nSPS) is 12.2. The molecule has 0 saturated heterocycles. The average Bonchev–Trinajstić information content (AvgIpc) is 2.42. The molecule has 1 N–H and O–H groups in total. The molecule has 0 aliphatic rings. The minimum atomic E-state index is -0.742. The zero-order valence-electron chi connectivity index (χ0n) is 10.7. The van der Waals surface area contributed by atoms with E-state index in [-0.39, 0.29) is 5.02 Å². The first-order valence-corrected chi connectivity index (χ1v) is 7.14. The molecule has 2 rings (SSSR count). The second kappa shape index (κ2) is 6.57. The van der Waals surface area contributed by atoms with E-state index in [0.717, 1.165) is 15.8 Å². The van der Waals surface area contributed by atoms with Crippen LogP contribution in [0.5, 0.6) is 5.75 Å². The van der Waals surface area contributed by atoms with E-state index in [1.807, 2.05) is 18.2 Å². The lowest BCUT2D eigenvalue weighted by Crippen LogP contribution is -2.02. The number of hydrogen-bond acceptors (Lipinski definition) is 2. The van der Waals surface area contributed by atoms with Crippen LogP contribution in [0.25, 0.3) is 0 Å². The van der Waals surface area contributed by atoms with E-state index < -0.39 is 11.9 Å². The van der Waals surface area contributed by atoms with Crippen molar-refractivity contribution in [2.45, 2.75) is 12.5 Å². The van der Waals surface area contributed by atoms with Gasteiger partial charge in [0.25, 0.3) is 0 Å². The molecule has 106 valence electrons. The van der Waals surface area contributed by atoms with Gasteiger partial charge in [0.2, 0.25) is 0 Å². The lowest BCUT2D eigenvalue weighted by atomic mass is 10.0. The van der Waals surface area contributed by atoms with E-state index >= 15 is 0 Å². The van der Waals surface area contributed by atoms with Gasteiger partial charge in [0, 0.05) is 6.42 Å². The molecule has 0 amide bonds. The van der Waals surface area contributed by atoms with Gasteiger partial charge < -0.3 is 9.84 Å². The second-order valence-electron chi connectivity index (χ2n) is 4.36. The fraction of sp³-hybridized carbons (Fsp3) is 0.200. The van der Waals surface area contributed by atoms with Crippen LogP contribution in [-0.2, 0) is 6.42 Å². The molecule has 5 heteroatoms. The van der Waals surface area contributed by atoms with Crippen LogP contribution in [0.4, 0.5) is 4.39 Å². The van der Waals surface area contributed by atoms with E-state index in [4.69, 9.17) is 16.3 Å². The lowest BCUT2D eigenvalue weighted by Gasteiger charge is -2.13. The van der Waals surface area contributed by atoms with Gasteiger partial charge in [-0.2, -0.15) is 0 Å². The Labute approximate surface area is 130 Å². The van der Waals surface area contributed by atoms with Crippen LogP contribution in [0.3, 0.4) is 0 Å². The lowest BCUT2D eigenvalue weighted by molar-refractivity contribution is 0.178. The number of ether oxygens (including phenoxy) is 1. The highest BCUT2D eigenvalue weighted by Crippen LogP contribution is 2.28. The monoisotopic (exact) mass is 358 g/mol. The molecule has 0 saturated carbocycles. The minimum absolute atomic E-state index is 0.0115. The molecule has 0 aromatic heterocycles. The molecular formula is C15H13BrClFO2. The van der Waals surface area contributed by atoms with Gasteiger partial charge in [0.15, 0.2) is 0 Å². The third-order valence-electron chi connectivity index (χ3n) is 2.97. The number of rotatable bonds is 4. The van der Waals surface area contributed by atoms with E-state index in [9.17, 15) is 9.50 Å². The predicted molar refractivity (Wildman–Crippen MR) is 80.8 cm³/mol. The first-order chi connectivity index (χ1) is 9.51. The molecule has 0 aliphatic heterocycles. The van der Waals surface area contributed by atoms with Gasteiger partial charge in [-0.15, -0.1) is 0 Å². The standard InChI is InChI=1S/C15H13BrClFO2/c1-20-15-5-2-9(6-11(15)16)7-14(19)10-3-4-13(18)12(17)8-10/h2-6,8,14,19H,7H2,1H3. The molecule has 0 fully saturated rings. The van der Waals surface area contributed by atoms with Gasteiger partial charge in [-0.1, -0.05) is 23.7 Å². The molecular weight excluding hydrogens is 347 g/mol. The summed E-state index contributed by atoms with van der Waals surface area (Å²) in [5.41, 5.74) is 1.52. The Morgan fingerprint density at radius 2 is 2.05 bits per heavy atom. The van der Waals surface area contributed by atoms with Crippen LogP contribution >= 0.6 is 27.5 Å². The summed E-state index contributed by atoms with van der Waals surface area (Å²) >= 11 is 9.11. The number of methoxy groups -OCH3 is 1. The fourth-order valence-electron chi connectivity index (χ4n) is 1.90. The van der Waals surface area contributed by atoms with Crippen LogP contribution in [-0.4, -0.2) is 12.2 Å². The predicted octanol–water partition coefficient (Wildman–Crippen LogP) is 4.53. The summed E-state index contributed by atoms with van der Waals surface area (Å²) in [4.78, 5) is 0. The largest absolute Gasteiger partial charge is 0.496 e. The van der Waals surface area contributed by atoms with Crippen LogP contribution in [0.2, 0.25) is 5.02 Å². The van der Waals surface area contributed by atoms with Crippen molar-refractivity contribution in [1.29, 1.82) is 0 Å². The zero-order chi connectivity index (χ0) is 14.7. The third-order valence-corrected chi connectivity index (χ3v) is 3.88. The molecule has 0 bridgehead atoms. The fourth-order valence-corrected chi connectivity index (χ4v) is 2.67. The number of hydrogen-bond donors (Lipinski definition) is 1. The summed E-state index contributed by atoms with van der Waals surface area (Å²) < 4.78 is 19.1. The Morgan fingerprint density at radius 3 is 2.65 bits per heavy atom. The van der Waals surface area contributed by atoms with Crippen LogP contribution < -0.4 is 4.74 Å². The number of aliphatic hydroxyl groups excluding tert-OH is 1. The Bertz CT molecular complexity index is 619. The molecule has 2 nitrogen and oxygen atoms in total. The molecule has 0 spiro atoms. The molecule has 20 heavy (non-hydrogen) atoms. The van der Waals surface area contributed by atoms with Gasteiger partial charge in [0.05, 0.1) is 22.7 Å². The third kappa shape index (κ3) is 3.51. The molecule has 1 unspecified atom stereocenters. The van der Waals surface area contributed by atoms with Crippen molar-refractivity contribution in [3.8, 4) is 5.75 Å². The smallest absolute Gasteiger partial charge is 0.141 e. The van der Waals surface area contributed by atoms with Crippen LogP contribution in [0, 0.1) is 5.82 Å². The maximum atomic E-state index is 13.1. The second-order valence-corrected chi connectivity index (χ2v) is 5.62. The molecule has 0 aliphatic carbocycles. The number of halogens is 3. The van der Waals surface area contributed by atoms with E-state index in [1.165, 1.54) is 18.2 Å². The Balaban J connectivity index is 2.16. The highest BCUT2D eigenvalue weighted by Gasteiger charge is 2.12. The van der Waals surface area contributed by atoms with E-state index in [0.29, 0.717) is 12.0 Å². The topological polar surface area (TPSA) is 29.5 Å². The number of aliphatic hydroxyl groups is 1. The highest BCUT2D eigenvalue weighted by atomic mass is 79.9. The Morgan fingerprint density at radius 1 is 1.30 bits per heavy atom. The quantitative estimate of drug-likeness (QED) is 0.869. The van der Waals surface area contributed by atoms with Gasteiger partial charge in [-0.25, -0.2) is 4.39 Å². The zero-order valence-corrected chi connectivity index (χ0v) is 13.1. The van der Waals surface area contributed by atoms with Crippen molar-refractivity contribution < 1.29 is 14.2 Å². The van der Waals surface area contributed by atoms with E-state index in [2.05, 4.69) is 15.9 Å². The van der Waals surface area contributed by atoms with Crippen molar-refractivity contribution in [3.63, 3.8) is 0 Å². The summed E-state index contributed by atoms with van der Waals surface area (Å²) in [5.74, 6) is 0.239. The summed E-state index contributed by atoms with van der Waals surface area (Å²) in [6.07, 6.45) is -0.335. The van der Waals surface area contributed by atoms with Gasteiger partial charge in [0.1, 0.15) is 11.6 Å². The summed E-state index contributed by atoms with van der Waals surface area (Å²) in [5, 5.41) is 10.2. The maximum absolute atomic E-state index is 13.1. The average molecular weight is 360 g/mol. The van der Waals surface area contributed by atoms with E-state index in [1.54, 1.807) is 7.11 Å². The van der Waals surface area contributed by atoms with Crippen molar-refractivity contribution >= 4 is 27.5 Å². The maximum Gasteiger partial charge on any atom is 0.141 e.